The topological polar surface area (TPSA) is 98.6 Å². The highest BCUT2D eigenvalue weighted by atomic mass is 16.2. The van der Waals surface area contributed by atoms with E-state index < -0.39 is 0 Å². The number of aromatic amines is 1. The minimum absolute atomic E-state index is 0.115. The number of H-pyrrole nitrogens is 1. The van der Waals surface area contributed by atoms with Gasteiger partial charge in [-0.1, -0.05) is 6.07 Å². The molecule has 0 saturated heterocycles. The summed E-state index contributed by atoms with van der Waals surface area (Å²) in [5, 5.41) is 15.2. The van der Waals surface area contributed by atoms with E-state index in [2.05, 4.69) is 20.2 Å². The highest BCUT2D eigenvalue weighted by molar-refractivity contribution is 5.90. The first-order valence-corrected chi connectivity index (χ1v) is 6.15. The zero-order valence-corrected chi connectivity index (χ0v) is 11.1. The van der Waals surface area contributed by atoms with E-state index in [1.807, 2.05) is 12.1 Å². The van der Waals surface area contributed by atoms with E-state index in [9.17, 15) is 4.79 Å². The predicted molar refractivity (Wildman–Crippen MR) is 70.3 cm³/mol. The Hall–Kier alpha value is -2.75. The van der Waals surface area contributed by atoms with Gasteiger partial charge in [-0.15, -0.1) is 5.10 Å². The second kappa shape index (κ2) is 6.43. The molecular formula is C13H14N6O. The van der Waals surface area contributed by atoms with Gasteiger partial charge in [0, 0.05) is 25.5 Å². The lowest BCUT2D eigenvalue weighted by Crippen LogP contribution is -2.32. The molecule has 102 valence electrons. The summed E-state index contributed by atoms with van der Waals surface area (Å²) in [4.78, 5) is 21.9. The molecule has 1 N–H and O–H groups in total. The second-order valence-electron chi connectivity index (χ2n) is 4.24. The molecule has 2 heterocycles. The number of pyridine rings is 1. The fourth-order valence-electron chi connectivity index (χ4n) is 1.73. The molecule has 0 radical (unpaired) electrons. The summed E-state index contributed by atoms with van der Waals surface area (Å²) in [5.74, 6) is 0.396. The van der Waals surface area contributed by atoms with Crippen molar-refractivity contribution in [3.8, 4) is 6.07 Å². The van der Waals surface area contributed by atoms with Crippen LogP contribution < -0.4 is 0 Å². The van der Waals surface area contributed by atoms with E-state index in [1.54, 1.807) is 30.3 Å². The Bertz CT molecular complexity index is 615. The highest BCUT2D eigenvalue weighted by Gasteiger charge is 2.19. The molecule has 0 aromatic carbocycles. The number of aryl methyl sites for hydroxylation is 1. The zero-order chi connectivity index (χ0) is 14.4. The standard InChI is InChI=1S/C13H14N6O/c1-10-16-12(18-17-10)13(20)19(7-3-5-14)9-11-4-2-6-15-8-11/h2,4,6,8H,3,7,9H2,1H3,(H,16,17,18). The number of hydrogen-bond donors (Lipinski definition) is 1. The number of carbonyl (C=O) groups is 1. The van der Waals surface area contributed by atoms with Crippen LogP contribution in [0.4, 0.5) is 0 Å². The Balaban J connectivity index is 2.15. The van der Waals surface area contributed by atoms with Crippen LogP contribution in [0, 0.1) is 18.3 Å². The van der Waals surface area contributed by atoms with Gasteiger partial charge in [0.15, 0.2) is 0 Å². The molecule has 0 spiro atoms. The monoisotopic (exact) mass is 270 g/mol. The molecule has 2 aromatic rings. The lowest BCUT2D eigenvalue weighted by atomic mass is 10.2. The minimum Gasteiger partial charge on any atom is -0.330 e. The summed E-state index contributed by atoms with van der Waals surface area (Å²) in [6, 6.07) is 5.72. The van der Waals surface area contributed by atoms with Gasteiger partial charge in [-0.05, 0) is 18.6 Å². The lowest BCUT2D eigenvalue weighted by Gasteiger charge is -2.19. The number of aromatic nitrogens is 4. The molecule has 1 amide bonds. The molecule has 0 fully saturated rings. The van der Waals surface area contributed by atoms with Crippen LogP contribution in [0.15, 0.2) is 24.5 Å². The third kappa shape index (κ3) is 3.38. The molecule has 2 aromatic heterocycles. The van der Waals surface area contributed by atoms with Gasteiger partial charge in [-0.25, -0.2) is 4.98 Å². The maximum absolute atomic E-state index is 12.3. The number of carbonyl (C=O) groups excluding carboxylic acids is 1. The molecule has 0 aliphatic carbocycles. The molecule has 2 rings (SSSR count). The van der Waals surface area contributed by atoms with Crippen LogP contribution in [-0.2, 0) is 6.54 Å². The van der Waals surface area contributed by atoms with Crippen molar-refractivity contribution in [1.82, 2.24) is 25.1 Å². The molecule has 0 unspecified atom stereocenters. The average molecular weight is 270 g/mol. The Kier molecular flexibility index (Phi) is 4.39. The largest absolute Gasteiger partial charge is 0.330 e. The van der Waals surface area contributed by atoms with Crippen LogP contribution >= 0.6 is 0 Å². The van der Waals surface area contributed by atoms with Crippen LogP contribution in [-0.4, -0.2) is 37.5 Å². The van der Waals surface area contributed by atoms with E-state index in [-0.39, 0.29) is 18.2 Å². The molecule has 0 aliphatic heterocycles. The van der Waals surface area contributed by atoms with Crippen molar-refractivity contribution >= 4 is 5.91 Å². The van der Waals surface area contributed by atoms with Crippen molar-refractivity contribution in [2.24, 2.45) is 0 Å². The van der Waals surface area contributed by atoms with Crippen LogP contribution in [0.2, 0.25) is 0 Å². The van der Waals surface area contributed by atoms with Crippen molar-refractivity contribution in [3.63, 3.8) is 0 Å². The van der Waals surface area contributed by atoms with Gasteiger partial charge in [0.2, 0.25) is 5.82 Å². The van der Waals surface area contributed by atoms with Gasteiger partial charge >= 0.3 is 0 Å². The van der Waals surface area contributed by atoms with Gasteiger partial charge in [0.1, 0.15) is 5.82 Å². The summed E-state index contributed by atoms with van der Waals surface area (Å²) in [5.41, 5.74) is 0.894. The third-order valence-corrected chi connectivity index (χ3v) is 2.67. The molecule has 7 nitrogen and oxygen atoms in total. The van der Waals surface area contributed by atoms with E-state index in [0.717, 1.165) is 5.56 Å². The summed E-state index contributed by atoms with van der Waals surface area (Å²) < 4.78 is 0. The summed E-state index contributed by atoms with van der Waals surface area (Å²) in [7, 11) is 0. The Morgan fingerprint density at radius 1 is 1.55 bits per heavy atom. The molecule has 0 bridgehead atoms. The van der Waals surface area contributed by atoms with E-state index >= 15 is 0 Å². The predicted octanol–water partition coefficient (Wildman–Crippen LogP) is 1.06. The van der Waals surface area contributed by atoms with E-state index in [1.165, 1.54) is 0 Å². The molecule has 0 aliphatic rings. The Labute approximate surface area is 116 Å². The summed E-state index contributed by atoms with van der Waals surface area (Å²) in [6.07, 6.45) is 3.62. The number of nitriles is 1. The number of rotatable bonds is 5. The van der Waals surface area contributed by atoms with Crippen molar-refractivity contribution in [3.05, 3.63) is 41.7 Å². The summed E-state index contributed by atoms with van der Waals surface area (Å²) in [6.45, 7) is 2.43. The van der Waals surface area contributed by atoms with Crippen LogP contribution in [0.3, 0.4) is 0 Å². The normalized spacial score (nSPS) is 10.0. The van der Waals surface area contributed by atoms with E-state index in [0.29, 0.717) is 18.9 Å². The van der Waals surface area contributed by atoms with Crippen LogP contribution in [0.25, 0.3) is 0 Å². The molecule has 20 heavy (non-hydrogen) atoms. The zero-order valence-electron chi connectivity index (χ0n) is 11.1. The first-order chi connectivity index (χ1) is 9.70. The van der Waals surface area contributed by atoms with Gasteiger partial charge < -0.3 is 4.90 Å². The average Bonchev–Trinajstić information content (AvgIpc) is 2.90. The molecule has 0 saturated carbocycles. The highest BCUT2D eigenvalue weighted by Crippen LogP contribution is 2.07. The van der Waals surface area contributed by atoms with E-state index in [4.69, 9.17) is 5.26 Å². The smallest absolute Gasteiger partial charge is 0.293 e. The maximum Gasteiger partial charge on any atom is 0.293 e. The van der Waals surface area contributed by atoms with Crippen molar-refractivity contribution in [2.45, 2.75) is 19.9 Å². The number of amides is 1. The fourth-order valence-corrected chi connectivity index (χ4v) is 1.73. The van der Waals surface area contributed by atoms with Crippen molar-refractivity contribution < 1.29 is 4.79 Å². The molecule has 0 atom stereocenters. The first-order valence-electron chi connectivity index (χ1n) is 6.15. The van der Waals surface area contributed by atoms with Crippen LogP contribution in [0.1, 0.15) is 28.4 Å². The Morgan fingerprint density at radius 3 is 3.00 bits per heavy atom. The number of nitrogens with zero attached hydrogens (tertiary/aromatic N) is 5. The van der Waals surface area contributed by atoms with Gasteiger partial charge in [0.25, 0.3) is 5.91 Å². The SMILES string of the molecule is Cc1nc(C(=O)N(CCC#N)Cc2cccnc2)n[nH]1. The van der Waals surface area contributed by atoms with Crippen molar-refractivity contribution in [2.75, 3.05) is 6.54 Å². The molecular weight excluding hydrogens is 256 g/mol. The summed E-state index contributed by atoms with van der Waals surface area (Å²) >= 11 is 0. The number of nitrogens with one attached hydrogen (secondary N) is 1. The maximum atomic E-state index is 12.3. The first kappa shape index (κ1) is 13.7. The van der Waals surface area contributed by atoms with Gasteiger partial charge in [-0.2, -0.15) is 5.26 Å². The Morgan fingerprint density at radius 2 is 2.40 bits per heavy atom. The van der Waals surface area contributed by atoms with Crippen LogP contribution in [0.5, 0.6) is 0 Å². The van der Waals surface area contributed by atoms with Gasteiger partial charge in [0.05, 0.1) is 12.5 Å². The lowest BCUT2D eigenvalue weighted by molar-refractivity contribution is 0.0734. The number of hydrogen-bond acceptors (Lipinski definition) is 5. The fraction of sp³-hybridized carbons (Fsp3) is 0.308. The van der Waals surface area contributed by atoms with Crippen molar-refractivity contribution in [1.29, 1.82) is 5.26 Å². The minimum atomic E-state index is -0.298. The quantitative estimate of drug-likeness (QED) is 0.876. The van der Waals surface area contributed by atoms with Gasteiger partial charge in [-0.3, -0.25) is 14.9 Å². The third-order valence-electron chi connectivity index (χ3n) is 2.67. The molecule has 7 heteroatoms. The second-order valence-corrected chi connectivity index (χ2v) is 4.24.